The molecule has 0 saturated heterocycles. The number of rotatable bonds is 2. The zero-order valence-electron chi connectivity index (χ0n) is 11.3. The number of fused-ring (bicyclic) bond motifs is 2. The molecule has 0 radical (unpaired) electrons. The Morgan fingerprint density at radius 2 is 2.24 bits per heavy atom. The van der Waals surface area contributed by atoms with Crippen LogP contribution in [0.5, 0.6) is 0 Å². The summed E-state index contributed by atoms with van der Waals surface area (Å²) in [5, 5.41) is 10.2. The Balaban J connectivity index is 1.71. The summed E-state index contributed by atoms with van der Waals surface area (Å²) in [4.78, 5) is 13.5. The number of nitrogens with zero attached hydrogens (tertiary/aromatic N) is 3. The molecule has 3 aromatic rings. The van der Waals surface area contributed by atoms with Crippen LogP contribution in [0.25, 0.3) is 11.0 Å². The van der Waals surface area contributed by atoms with Crippen molar-refractivity contribution in [2.24, 2.45) is 4.99 Å². The molecule has 2 aromatic heterocycles. The summed E-state index contributed by atoms with van der Waals surface area (Å²) in [5.74, 6) is 0.716. The molecule has 1 N–H and O–H groups in total. The van der Waals surface area contributed by atoms with E-state index in [1.807, 2.05) is 24.3 Å². The largest absolute Gasteiger partial charge is 0.337 e. The lowest BCUT2D eigenvalue weighted by Gasteiger charge is -1.91. The molecule has 0 atom stereocenters. The second-order valence-electron chi connectivity index (χ2n) is 5.05. The summed E-state index contributed by atoms with van der Waals surface area (Å²) in [7, 11) is 0. The second kappa shape index (κ2) is 4.83. The minimum atomic E-state index is 0.716. The Labute approximate surface area is 125 Å². The van der Waals surface area contributed by atoms with Crippen LogP contribution in [-0.4, -0.2) is 16.2 Å². The number of imidazole rings is 1. The van der Waals surface area contributed by atoms with Gasteiger partial charge in [0, 0.05) is 4.88 Å². The van der Waals surface area contributed by atoms with Gasteiger partial charge < -0.3 is 4.98 Å². The van der Waals surface area contributed by atoms with Gasteiger partial charge in [0.2, 0.25) is 0 Å². The highest BCUT2D eigenvalue weighted by Gasteiger charge is 2.21. The molecule has 0 saturated carbocycles. The third kappa shape index (κ3) is 2.05. The molecule has 0 bridgehead atoms. The van der Waals surface area contributed by atoms with E-state index in [1.165, 1.54) is 10.4 Å². The van der Waals surface area contributed by atoms with Crippen molar-refractivity contribution < 1.29 is 0 Å². The maximum atomic E-state index is 9.34. The summed E-state index contributed by atoms with van der Waals surface area (Å²) in [6.45, 7) is 0. The Bertz CT molecular complexity index is 862. The van der Waals surface area contributed by atoms with Gasteiger partial charge in [-0.3, -0.25) is 0 Å². The van der Waals surface area contributed by atoms with E-state index in [0.717, 1.165) is 40.9 Å². The van der Waals surface area contributed by atoms with Gasteiger partial charge in [0.1, 0.15) is 16.9 Å². The van der Waals surface area contributed by atoms with Gasteiger partial charge in [-0.25, -0.2) is 9.98 Å². The summed E-state index contributed by atoms with van der Waals surface area (Å²) >= 11 is 1.64. The predicted octanol–water partition coefficient (Wildman–Crippen LogP) is 3.74. The predicted molar refractivity (Wildman–Crippen MR) is 84.4 cm³/mol. The average molecular weight is 292 g/mol. The van der Waals surface area contributed by atoms with Gasteiger partial charge in [0.15, 0.2) is 0 Å². The highest BCUT2D eigenvalue weighted by atomic mass is 32.1. The van der Waals surface area contributed by atoms with Gasteiger partial charge >= 0.3 is 0 Å². The van der Waals surface area contributed by atoms with Crippen LogP contribution in [0.1, 0.15) is 28.2 Å². The van der Waals surface area contributed by atoms with Crippen molar-refractivity contribution in [3.05, 3.63) is 46.1 Å². The molecule has 0 amide bonds. The number of nitriles is 1. The Morgan fingerprint density at radius 3 is 3.10 bits per heavy atom. The van der Waals surface area contributed by atoms with Crippen LogP contribution in [0.2, 0.25) is 0 Å². The van der Waals surface area contributed by atoms with E-state index in [2.05, 4.69) is 21.0 Å². The minimum Gasteiger partial charge on any atom is -0.337 e. The van der Waals surface area contributed by atoms with Crippen molar-refractivity contribution in [3.63, 3.8) is 0 Å². The third-order valence-corrected chi connectivity index (χ3v) is 4.93. The van der Waals surface area contributed by atoms with E-state index in [0.29, 0.717) is 5.82 Å². The van der Waals surface area contributed by atoms with E-state index in [-0.39, 0.29) is 0 Å². The fourth-order valence-corrected chi connectivity index (χ4v) is 3.93. The highest BCUT2D eigenvalue weighted by molar-refractivity contribution is 7.16. The first-order valence-corrected chi connectivity index (χ1v) is 7.70. The number of hydrogen-bond donors (Lipinski definition) is 1. The topological polar surface area (TPSA) is 64.8 Å². The van der Waals surface area contributed by atoms with Gasteiger partial charge in [0.25, 0.3) is 0 Å². The first kappa shape index (κ1) is 12.3. The number of aliphatic imine (C=N–C) groups is 1. The van der Waals surface area contributed by atoms with Gasteiger partial charge in [0.05, 0.1) is 22.8 Å². The molecule has 0 fully saturated rings. The lowest BCUT2D eigenvalue weighted by Crippen LogP contribution is -1.84. The van der Waals surface area contributed by atoms with E-state index in [1.54, 1.807) is 17.6 Å². The fourth-order valence-electron chi connectivity index (χ4n) is 2.75. The van der Waals surface area contributed by atoms with Gasteiger partial charge in [-0.1, -0.05) is 12.1 Å². The number of H-pyrrole nitrogens is 1. The van der Waals surface area contributed by atoms with Crippen molar-refractivity contribution in [1.29, 1.82) is 5.26 Å². The molecule has 4 rings (SSSR count). The molecule has 0 aliphatic heterocycles. The van der Waals surface area contributed by atoms with Gasteiger partial charge in [-0.05, 0) is 37.0 Å². The molecule has 21 heavy (non-hydrogen) atoms. The van der Waals surface area contributed by atoms with Crippen LogP contribution >= 0.6 is 11.3 Å². The quantitative estimate of drug-likeness (QED) is 0.731. The lowest BCUT2D eigenvalue weighted by molar-refractivity contribution is 0.913. The molecule has 1 aliphatic rings. The van der Waals surface area contributed by atoms with Gasteiger partial charge in [-0.15, -0.1) is 11.3 Å². The smallest absolute Gasteiger partial charge is 0.149 e. The molecule has 1 aromatic carbocycles. The van der Waals surface area contributed by atoms with Crippen molar-refractivity contribution in [2.75, 3.05) is 0 Å². The monoisotopic (exact) mass is 292 g/mol. The Kier molecular flexibility index (Phi) is 2.83. The summed E-state index contributed by atoms with van der Waals surface area (Å²) in [5.41, 5.74) is 3.88. The normalized spacial score (nSPS) is 13.9. The zero-order chi connectivity index (χ0) is 14.2. The lowest BCUT2D eigenvalue weighted by atomic mass is 10.1. The number of nitrogens with one attached hydrogen (secondary N) is 1. The van der Waals surface area contributed by atoms with Crippen molar-refractivity contribution in [3.8, 4) is 6.07 Å². The Morgan fingerprint density at radius 1 is 1.33 bits per heavy atom. The van der Waals surface area contributed by atoms with Crippen LogP contribution in [-0.2, 0) is 12.8 Å². The molecular weight excluding hydrogens is 280 g/mol. The molecule has 5 heteroatoms. The summed E-state index contributed by atoms with van der Waals surface area (Å²) < 4.78 is 0. The molecule has 4 nitrogen and oxygen atoms in total. The summed E-state index contributed by atoms with van der Waals surface area (Å²) in [6, 6.07) is 10.2. The van der Waals surface area contributed by atoms with Crippen molar-refractivity contribution >= 4 is 33.6 Å². The van der Waals surface area contributed by atoms with Crippen LogP contribution in [0.4, 0.5) is 5.00 Å². The maximum Gasteiger partial charge on any atom is 0.149 e. The van der Waals surface area contributed by atoms with Gasteiger partial charge in [-0.2, -0.15) is 5.26 Å². The number of thiophene rings is 1. The van der Waals surface area contributed by atoms with E-state index < -0.39 is 0 Å². The molecule has 1 aliphatic carbocycles. The van der Waals surface area contributed by atoms with Crippen molar-refractivity contribution in [1.82, 2.24) is 9.97 Å². The number of aromatic amines is 1. The standard InChI is InChI=1S/C16H12N4S/c17-8-11-10-4-3-7-14(10)21-16(11)18-9-15-19-12-5-1-2-6-13(12)20-15/h1-2,5-6,9H,3-4,7H2,(H,19,20)/b18-9+. The number of para-hydroxylation sites is 2. The first-order chi connectivity index (χ1) is 10.3. The first-order valence-electron chi connectivity index (χ1n) is 6.88. The fraction of sp³-hybridized carbons (Fsp3) is 0.188. The third-order valence-electron chi connectivity index (χ3n) is 3.73. The van der Waals surface area contributed by atoms with Crippen LogP contribution in [0.15, 0.2) is 29.3 Å². The zero-order valence-corrected chi connectivity index (χ0v) is 12.1. The summed E-state index contributed by atoms with van der Waals surface area (Å²) in [6.07, 6.45) is 4.95. The van der Waals surface area contributed by atoms with Crippen molar-refractivity contribution in [2.45, 2.75) is 19.3 Å². The number of hydrogen-bond acceptors (Lipinski definition) is 4. The minimum absolute atomic E-state index is 0.716. The maximum absolute atomic E-state index is 9.34. The average Bonchev–Trinajstić information content (AvgIpc) is 3.17. The molecule has 102 valence electrons. The van der Waals surface area contributed by atoms with Crippen LogP contribution in [0, 0.1) is 11.3 Å². The van der Waals surface area contributed by atoms with Crippen LogP contribution in [0.3, 0.4) is 0 Å². The number of aryl methyl sites for hydroxylation is 1. The van der Waals surface area contributed by atoms with E-state index in [4.69, 9.17) is 0 Å². The second-order valence-corrected chi connectivity index (χ2v) is 6.13. The Hall–Kier alpha value is -2.45. The highest BCUT2D eigenvalue weighted by Crippen LogP contribution is 2.40. The van der Waals surface area contributed by atoms with Crippen LogP contribution < -0.4 is 0 Å². The molecule has 0 spiro atoms. The number of benzene rings is 1. The van der Waals surface area contributed by atoms with E-state index in [9.17, 15) is 5.26 Å². The molecule has 0 unspecified atom stereocenters. The molecular formula is C16H12N4S. The molecule has 2 heterocycles. The van der Waals surface area contributed by atoms with E-state index >= 15 is 0 Å². The SMILES string of the molecule is N#Cc1c(/N=C/c2nc3ccccc3[nH]2)sc2c1CCC2. The number of aromatic nitrogens is 2.